The zero-order valence-corrected chi connectivity index (χ0v) is 10.2. The van der Waals surface area contributed by atoms with Gasteiger partial charge in [-0.05, 0) is 25.7 Å². The van der Waals surface area contributed by atoms with Crippen molar-refractivity contribution < 1.29 is 4.74 Å². The third-order valence-electron chi connectivity index (χ3n) is 2.20. The average Bonchev–Trinajstić information content (AvgIpc) is 2.31. The van der Waals surface area contributed by atoms with Crippen LogP contribution in [0.25, 0.3) is 0 Å². The van der Waals surface area contributed by atoms with Gasteiger partial charge in [-0.25, -0.2) is 0 Å². The Bertz CT molecular complexity index is 266. The van der Waals surface area contributed by atoms with Gasteiger partial charge in [0.15, 0.2) is 0 Å². The van der Waals surface area contributed by atoms with E-state index in [9.17, 15) is 0 Å². The highest BCUT2D eigenvalue weighted by molar-refractivity contribution is 5.03. The molecule has 0 aromatic rings. The van der Waals surface area contributed by atoms with Crippen LogP contribution < -0.4 is 0 Å². The van der Waals surface area contributed by atoms with Gasteiger partial charge in [0.25, 0.3) is 0 Å². The molecule has 0 aliphatic carbocycles. The molecular formula is C15H22O. The third-order valence-corrected chi connectivity index (χ3v) is 2.20. The van der Waals surface area contributed by atoms with Gasteiger partial charge in [-0.3, -0.25) is 0 Å². The number of allylic oxidation sites excluding steroid dienone is 5. The van der Waals surface area contributed by atoms with Gasteiger partial charge >= 0.3 is 0 Å². The van der Waals surface area contributed by atoms with Gasteiger partial charge < -0.3 is 4.74 Å². The zero-order valence-electron chi connectivity index (χ0n) is 10.2. The van der Waals surface area contributed by atoms with Crippen molar-refractivity contribution >= 4 is 0 Å². The summed E-state index contributed by atoms with van der Waals surface area (Å²) >= 11 is 0. The Morgan fingerprint density at radius 3 is 2.56 bits per heavy atom. The molecule has 0 rings (SSSR count). The first-order valence-electron chi connectivity index (χ1n) is 5.78. The van der Waals surface area contributed by atoms with E-state index in [4.69, 9.17) is 11.2 Å². The van der Waals surface area contributed by atoms with Gasteiger partial charge in [0, 0.05) is 12.8 Å². The van der Waals surface area contributed by atoms with E-state index in [0.717, 1.165) is 37.9 Å². The molecule has 0 bridgehead atoms. The fourth-order valence-electron chi connectivity index (χ4n) is 1.20. The van der Waals surface area contributed by atoms with Gasteiger partial charge in [-0.1, -0.05) is 30.9 Å². The van der Waals surface area contributed by atoms with Crippen LogP contribution in [0.15, 0.2) is 36.6 Å². The maximum Gasteiger partial charge on any atom is 0.0883 e. The summed E-state index contributed by atoms with van der Waals surface area (Å²) in [5.41, 5.74) is 0. The minimum Gasteiger partial charge on any atom is -0.502 e. The van der Waals surface area contributed by atoms with Gasteiger partial charge in [-0.15, -0.1) is 12.3 Å². The molecule has 0 heterocycles. The number of ether oxygens (including phenoxy) is 1. The van der Waals surface area contributed by atoms with Gasteiger partial charge in [0.2, 0.25) is 0 Å². The van der Waals surface area contributed by atoms with Crippen molar-refractivity contribution in [1.82, 2.24) is 0 Å². The lowest BCUT2D eigenvalue weighted by Gasteiger charge is -2.01. The number of methoxy groups -OCH3 is 1. The number of hydrogen-bond acceptors (Lipinski definition) is 1. The molecule has 1 heteroatoms. The van der Waals surface area contributed by atoms with Crippen LogP contribution in [0, 0.1) is 12.3 Å². The summed E-state index contributed by atoms with van der Waals surface area (Å²) < 4.78 is 4.99. The van der Waals surface area contributed by atoms with Gasteiger partial charge in [-0.2, -0.15) is 0 Å². The maximum absolute atomic E-state index is 5.14. The van der Waals surface area contributed by atoms with Crippen molar-refractivity contribution in [3.05, 3.63) is 36.6 Å². The molecule has 0 saturated heterocycles. The molecule has 0 amide bonds. The summed E-state index contributed by atoms with van der Waals surface area (Å²) in [6.45, 7) is 3.78. The largest absolute Gasteiger partial charge is 0.502 e. The number of terminal acetylenes is 1. The van der Waals surface area contributed by atoms with Gasteiger partial charge in [0.1, 0.15) is 0 Å². The summed E-state index contributed by atoms with van der Waals surface area (Å²) in [5, 5.41) is 0. The van der Waals surface area contributed by atoms with Crippen LogP contribution in [-0.4, -0.2) is 7.11 Å². The Kier molecular flexibility index (Phi) is 10.6. The van der Waals surface area contributed by atoms with E-state index in [1.54, 1.807) is 7.11 Å². The van der Waals surface area contributed by atoms with Crippen molar-refractivity contribution in [2.24, 2.45) is 0 Å². The quantitative estimate of drug-likeness (QED) is 0.243. The Balaban J connectivity index is 3.31. The Labute approximate surface area is 99.9 Å². The lowest BCUT2D eigenvalue weighted by atomic mass is 10.1. The Morgan fingerprint density at radius 2 is 1.94 bits per heavy atom. The minimum atomic E-state index is 0.823. The van der Waals surface area contributed by atoms with Crippen molar-refractivity contribution in [3.63, 3.8) is 0 Å². The first-order valence-corrected chi connectivity index (χ1v) is 5.78. The van der Waals surface area contributed by atoms with Crippen LogP contribution in [0.5, 0.6) is 0 Å². The van der Waals surface area contributed by atoms with Crippen LogP contribution in [0.4, 0.5) is 0 Å². The highest BCUT2D eigenvalue weighted by Crippen LogP contribution is 2.07. The normalized spacial score (nSPS) is 10.8. The molecule has 0 N–H and O–H groups in total. The number of unbranched alkanes of at least 4 members (excludes halogenated alkanes) is 3. The summed E-state index contributed by atoms with van der Waals surface area (Å²) in [4.78, 5) is 0. The summed E-state index contributed by atoms with van der Waals surface area (Å²) in [7, 11) is 1.67. The second-order valence-corrected chi connectivity index (χ2v) is 3.59. The molecule has 88 valence electrons. The van der Waals surface area contributed by atoms with Crippen molar-refractivity contribution in [1.29, 1.82) is 0 Å². The SMILES string of the molecule is C#CCC/C=C/C=C/CCCCC(=C)OC. The van der Waals surface area contributed by atoms with Crippen LogP contribution in [-0.2, 0) is 4.74 Å². The summed E-state index contributed by atoms with van der Waals surface area (Å²) in [5.74, 6) is 3.48. The molecule has 0 spiro atoms. The lowest BCUT2D eigenvalue weighted by Crippen LogP contribution is -1.84. The van der Waals surface area contributed by atoms with E-state index in [0.29, 0.717) is 0 Å². The lowest BCUT2D eigenvalue weighted by molar-refractivity contribution is 0.276. The highest BCUT2D eigenvalue weighted by atomic mass is 16.5. The van der Waals surface area contributed by atoms with E-state index in [2.05, 4.69) is 36.8 Å². The molecule has 16 heavy (non-hydrogen) atoms. The van der Waals surface area contributed by atoms with Crippen molar-refractivity contribution in [2.45, 2.75) is 38.5 Å². The molecule has 0 radical (unpaired) electrons. The van der Waals surface area contributed by atoms with Crippen molar-refractivity contribution in [2.75, 3.05) is 7.11 Å². The molecule has 0 fully saturated rings. The highest BCUT2D eigenvalue weighted by Gasteiger charge is 1.90. The van der Waals surface area contributed by atoms with Gasteiger partial charge in [0.05, 0.1) is 12.9 Å². The van der Waals surface area contributed by atoms with Crippen molar-refractivity contribution in [3.8, 4) is 12.3 Å². The fraction of sp³-hybridized carbons (Fsp3) is 0.467. The predicted octanol–water partition coefficient (Wildman–Crippen LogP) is 4.23. The maximum atomic E-state index is 5.14. The molecule has 0 atom stereocenters. The second kappa shape index (κ2) is 11.7. The number of rotatable bonds is 9. The zero-order chi connectivity index (χ0) is 12.1. The van der Waals surface area contributed by atoms with Crippen LogP contribution >= 0.6 is 0 Å². The Morgan fingerprint density at radius 1 is 1.25 bits per heavy atom. The van der Waals surface area contributed by atoms with E-state index in [1.165, 1.54) is 6.42 Å². The molecule has 0 unspecified atom stereocenters. The number of hydrogen-bond donors (Lipinski definition) is 0. The van der Waals surface area contributed by atoms with E-state index in [1.807, 2.05) is 0 Å². The molecule has 0 aliphatic rings. The van der Waals surface area contributed by atoms with E-state index < -0.39 is 0 Å². The summed E-state index contributed by atoms with van der Waals surface area (Å²) in [6.07, 6.45) is 19.7. The predicted molar refractivity (Wildman–Crippen MR) is 71.0 cm³/mol. The standard InChI is InChI=1S/C15H22O/c1-4-5-6-7-8-9-10-11-12-13-14-15(2)16-3/h1,7-10H,2,5-6,11-14H2,3H3/b8-7+,10-9+. The molecule has 0 aromatic carbocycles. The van der Waals surface area contributed by atoms with Crippen LogP contribution in [0.2, 0.25) is 0 Å². The van der Waals surface area contributed by atoms with E-state index in [-0.39, 0.29) is 0 Å². The topological polar surface area (TPSA) is 9.23 Å². The monoisotopic (exact) mass is 218 g/mol. The molecule has 0 aliphatic heterocycles. The third kappa shape index (κ3) is 10.7. The van der Waals surface area contributed by atoms with E-state index >= 15 is 0 Å². The molecule has 1 nitrogen and oxygen atoms in total. The molecule has 0 saturated carbocycles. The second-order valence-electron chi connectivity index (χ2n) is 3.59. The summed E-state index contributed by atoms with van der Waals surface area (Å²) in [6, 6.07) is 0. The smallest absolute Gasteiger partial charge is 0.0883 e. The fourth-order valence-corrected chi connectivity index (χ4v) is 1.20. The van der Waals surface area contributed by atoms with Crippen LogP contribution in [0.1, 0.15) is 38.5 Å². The average molecular weight is 218 g/mol. The minimum absolute atomic E-state index is 0.823. The van der Waals surface area contributed by atoms with Crippen LogP contribution in [0.3, 0.4) is 0 Å². The first kappa shape index (κ1) is 14.6. The Hall–Kier alpha value is -1.42. The molecule has 0 aromatic heterocycles. The first-order chi connectivity index (χ1) is 7.81. The molecular weight excluding hydrogens is 196 g/mol.